The highest BCUT2D eigenvalue weighted by Crippen LogP contribution is 2.29. The lowest BCUT2D eigenvalue weighted by molar-refractivity contribution is 0.358. The summed E-state index contributed by atoms with van der Waals surface area (Å²) in [5, 5.41) is 9.45. The van der Waals surface area contributed by atoms with Crippen molar-refractivity contribution in [1.29, 1.82) is 0 Å². The quantitative estimate of drug-likeness (QED) is 0.506. The van der Waals surface area contributed by atoms with E-state index in [0.717, 1.165) is 12.1 Å². The van der Waals surface area contributed by atoms with Crippen LogP contribution in [0.5, 0.6) is 5.75 Å². The Hall–Kier alpha value is -2.36. The summed E-state index contributed by atoms with van der Waals surface area (Å²) in [6.07, 6.45) is 0. The first kappa shape index (κ1) is 17.0. The smallest absolute Gasteiger partial charge is 0.267 e. The SMILES string of the molecule is Cc1ccc(NS(=O)(=O)c2c(F)c(F)c(F)c(F)c2F)cc1O. The Morgan fingerprint density at radius 1 is 0.913 bits per heavy atom. The van der Waals surface area contributed by atoms with Gasteiger partial charge in [0, 0.05) is 6.07 Å². The molecule has 0 atom stereocenters. The molecule has 0 heterocycles. The van der Waals surface area contributed by atoms with E-state index in [1.54, 1.807) is 4.72 Å². The number of hydrogen-bond acceptors (Lipinski definition) is 3. The molecule has 2 aromatic carbocycles. The van der Waals surface area contributed by atoms with E-state index in [4.69, 9.17) is 0 Å². The van der Waals surface area contributed by atoms with E-state index < -0.39 is 44.0 Å². The van der Waals surface area contributed by atoms with E-state index in [2.05, 4.69) is 0 Å². The average molecular weight is 353 g/mol. The zero-order valence-corrected chi connectivity index (χ0v) is 12.1. The van der Waals surface area contributed by atoms with Gasteiger partial charge >= 0.3 is 0 Å². The van der Waals surface area contributed by atoms with E-state index in [1.807, 2.05) is 0 Å². The van der Waals surface area contributed by atoms with Crippen molar-refractivity contribution in [2.45, 2.75) is 11.8 Å². The van der Waals surface area contributed by atoms with Crippen molar-refractivity contribution in [3.63, 3.8) is 0 Å². The van der Waals surface area contributed by atoms with Gasteiger partial charge in [-0.1, -0.05) is 6.07 Å². The van der Waals surface area contributed by atoms with Gasteiger partial charge in [0.1, 0.15) is 5.75 Å². The summed E-state index contributed by atoms with van der Waals surface area (Å²) >= 11 is 0. The van der Waals surface area contributed by atoms with Crippen LogP contribution in [-0.2, 0) is 10.0 Å². The second kappa shape index (κ2) is 5.69. The first-order valence-corrected chi connectivity index (χ1v) is 7.38. The van der Waals surface area contributed by atoms with Crippen LogP contribution in [0, 0.1) is 36.0 Å². The van der Waals surface area contributed by atoms with Crippen molar-refractivity contribution in [3.8, 4) is 5.75 Å². The summed E-state index contributed by atoms with van der Waals surface area (Å²) in [4.78, 5) is -2.01. The fourth-order valence-electron chi connectivity index (χ4n) is 1.70. The first-order chi connectivity index (χ1) is 10.6. The third-order valence-electron chi connectivity index (χ3n) is 2.90. The Bertz CT molecular complexity index is 870. The molecule has 0 saturated carbocycles. The molecule has 0 fully saturated rings. The molecule has 10 heteroatoms. The standard InChI is InChI=1S/C13H8F5NO3S/c1-5-2-3-6(4-7(5)20)19-23(21,22)13-11(17)9(15)8(14)10(16)12(13)18/h2-4,19-20H,1H3. The van der Waals surface area contributed by atoms with Crippen molar-refractivity contribution < 1.29 is 35.5 Å². The van der Waals surface area contributed by atoms with Crippen LogP contribution in [0.1, 0.15) is 5.56 Å². The van der Waals surface area contributed by atoms with Crippen molar-refractivity contribution in [2.24, 2.45) is 0 Å². The predicted molar refractivity (Wildman–Crippen MR) is 69.9 cm³/mol. The summed E-state index contributed by atoms with van der Waals surface area (Å²) in [6, 6.07) is 3.34. The van der Waals surface area contributed by atoms with E-state index in [0.29, 0.717) is 5.56 Å². The molecule has 0 spiro atoms. The molecule has 4 nitrogen and oxygen atoms in total. The summed E-state index contributed by atoms with van der Waals surface area (Å²) in [6.45, 7) is 1.50. The van der Waals surface area contributed by atoms with Crippen molar-refractivity contribution in [1.82, 2.24) is 0 Å². The number of phenols is 1. The van der Waals surface area contributed by atoms with Crippen molar-refractivity contribution in [2.75, 3.05) is 4.72 Å². The largest absolute Gasteiger partial charge is 0.508 e. The van der Waals surface area contributed by atoms with Crippen LogP contribution in [0.15, 0.2) is 23.1 Å². The van der Waals surface area contributed by atoms with Gasteiger partial charge in [-0.15, -0.1) is 0 Å². The van der Waals surface area contributed by atoms with Gasteiger partial charge in [-0.05, 0) is 18.6 Å². The highest BCUT2D eigenvalue weighted by atomic mass is 32.2. The molecule has 2 rings (SSSR count). The summed E-state index contributed by atoms with van der Waals surface area (Å²) < 4.78 is 91.7. The first-order valence-electron chi connectivity index (χ1n) is 5.90. The number of anilines is 1. The minimum absolute atomic E-state index is 0.322. The van der Waals surface area contributed by atoms with Crippen LogP contribution in [0.25, 0.3) is 0 Å². The number of aromatic hydroxyl groups is 1. The van der Waals surface area contributed by atoms with Gasteiger partial charge in [-0.3, -0.25) is 4.72 Å². The molecule has 23 heavy (non-hydrogen) atoms. The second-order valence-corrected chi connectivity index (χ2v) is 6.13. The third-order valence-corrected chi connectivity index (χ3v) is 4.30. The van der Waals surface area contributed by atoms with Crippen LogP contribution in [0.3, 0.4) is 0 Å². The molecule has 0 unspecified atom stereocenters. The van der Waals surface area contributed by atoms with E-state index >= 15 is 0 Å². The van der Waals surface area contributed by atoms with Crippen molar-refractivity contribution >= 4 is 15.7 Å². The van der Waals surface area contributed by atoms with Crippen LogP contribution in [0.4, 0.5) is 27.6 Å². The number of sulfonamides is 1. The Morgan fingerprint density at radius 3 is 1.87 bits per heavy atom. The molecule has 0 aliphatic rings. The maximum atomic E-state index is 13.6. The van der Waals surface area contributed by atoms with Gasteiger partial charge in [0.15, 0.2) is 28.2 Å². The van der Waals surface area contributed by atoms with Crippen LogP contribution in [-0.4, -0.2) is 13.5 Å². The summed E-state index contributed by atoms with van der Waals surface area (Å²) in [5.41, 5.74) is 0.0567. The van der Waals surface area contributed by atoms with Gasteiger partial charge in [-0.25, -0.2) is 30.4 Å². The molecular formula is C13H8F5NO3S. The van der Waals surface area contributed by atoms with E-state index in [1.165, 1.54) is 13.0 Å². The van der Waals surface area contributed by atoms with Crippen LogP contribution < -0.4 is 4.72 Å². The molecule has 0 saturated heterocycles. The number of hydrogen-bond donors (Lipinski definition) is 2. The number of nitrogens with one attached hydrogen (secondary N) is 1. The molecule has 0 bridgehead atoms. The van der Waals surface area contributed by atoms with Gasteiger partial charge in [-0.2, -0.15) is 0 Å². The van der Waals surface area contributed by atoms with Gasteiger partial charge in [0.05, 0.1) is 5.69 Å². The van der Waals surface area contributed by atoms with Crippen LogP contribution >= 0.6 is 0 Å². The molecule has 0 amide bonds. The average Bonchev–Trinajstić information content (AvgIpc) is 2.46. The van der Waals surface area contributed by atoms with Gasteiger partial charge in [0.25, 0.3) is 10.0 Å². The predicted octanol–water partition coefficient (Wildman–Crippen LogP) is 3.20. The number of aryl methyl sites for hydroxylation is 1. The molecule has 124 valence electrons. The van der Waals surface area contributed by atoms with Crippen LogP contribution in [0.2, 0.25) is 0 Å². The summed E-state index contributed by atoms with van der Waals surface area (Å²) in [5.74, 6) is -12.5. The number of halogens is 5. The lowest BCUT2D eigenvalue weighted by atomic mass is 10.2. The zero-order valence-electron chi connectivity index (χ0n) is 11.3. The lowest BCUT2D eigenvalue weighted by Crippen LogP contribution is -2.19. The topological polar surface area (TPSA) is 66.4 Å². The normalized spacial score (nSPS) is 11.6. The monoisotopic (exact) mass is 353 g/mol. The molecule has 0 radical (unpaired) electrons. The Labute approximate surface area is 127 Å². The summed E-state index contributed by atoms with van der Waals surface area (Å²) in [7, 11) is -5.12. The minimum atomic E-state index is -5.12. The molecule has 0 aliphatic heterocycles. The van der Waals surface area contributed by atoms with Crippen molar-refractivity contribution in [3.05, 3.63) is 52.8 Å². The highest BCUT2D eigenvalue weighted by molar-refractivity contribution is 7.92. The van der Waals surface area contributed by atoms with Gasteiger partial charge < -0.3 is 5.11 Å². The van der Waals surface area contributed by atoms with E-state index in [9.17, 15) is 35.5 Å². The number of phenolic OH excluding ortho intramolecular Hbond substituents is 1. The number of benzene rings is 2. The third kappa shape index (κ3) is 2.93. The maximum absolute atomic E-state index is 13.6. The maximum Gasteiger partial charge on any atom is 0.267 e. The van der Waals surface area contributed by atoms with E-state index in [-0.39, 0.29) is 11.4 Å². The lowest BCUT2D eigenvalue weighted by Gasteiger charge is -2.12. The number of rotatable bonds is 3. The fraction of sp³-hybridized carbons (Fsp3) is 0.0769. The zero-order chi connectivity index (χ0) is 17.5. The highest BCUT2D eigenvalue weighted by Gasteiger charge is 2.33. The Morgan fingerprint density at radius 2 is 1.39 bits per heavy atom. The second-order valence-electron chi connectivity index (χ2n) is 4.51. The molecule has 2 aromatic rings. The molecule has 2 N–H and O–H groups in total. The Balaban J connectivity index is 2.58. The fourth-order valence-corrected chi connectivity index (χ4v) is 2.89. The Kier molecular flexibility index (Phi) is 4.20. The van der Waals surface area contributed by atoms with Gasteiger partial charge in [0.2, 0.25) is 5.82 Å². The molecular weight excluding hydrogens is 345 g/mol. The molecule has 0 aromatic heterocycles. The minimum Gasteiger partial charge on any atom is -0.508 e. The molecule has 0 aliphatic carbocycles.